The summed E-state index contributed by atoms with van der Waals surface area (Å²) in [5.74, 6) is 1.99. The summed E-state index contributed by atoms with van der Waals surface area (Å²) < 4.78 is 15.8. The van der Waals surface area contributed by atoms with Crippen LogP contribution in [0.25, 0.3) is 11.4 Å². The number of carbonyl (C=O) groups is 1. The molecule has 3 rings (SSSR count). The number of benzene rings is 2. The van der Waals surface area contributed by atoms with Crippen molar-refractivity contribution < 1.29 is 18.8 Å². The molecule has 0 unspecified atom stereocenters. The van der Waals surface area contributed by atoms with E-state index in [1.165, 1.54) is 0 Å². The van der Waals surface area contributed by atoms with E-state index in [0.29, 0.717) is 41.2 Å². The Hall–Kier alpha value is -3.06. The maximum absolute atomic E-state index is 12.4. The topological polar surface area (TPSA) is 77.7 Å². The quantitative estimate of drug-likeness (QED) is 0.553. The number of halogens is 1. The predicted molar refractivity (Wildman–Crippen MR) is 109 cm³/mol. The molecular weight excluding hydrogens is 394 g/mol. The van der Waals surface area contributed by atoms with E-state index in [4.69, 9.17) is 25.6 Å². The molecule has 2 aromatic carbocycles. The molecule has 0 atom stereocenters. The van der Waals surface area contributed by atoms with Crippen molar-refractivity contribution in [1.82, 2.24) is 15.0 Å². The average Bonchev–Trinajstić information content (AvgIpc) is 3.22. The van der Waals surface area contributed by atoms with Gasteiger partial charge in [0.05, 0.1) is 14.2 Å². The third-order valence-electron chi connectivity index (χ3n) is 4.45. The van der Waals surface area contributed by atoms with E-state index in [1.54, 1.807) is 38.3 Å². The highest BCUT2D eigenvalue weighted by molar-refractivity contribution is 6.31. The van der Waals surface area contributed by atoms with Crippen LogP contribution in [0, 0.1) is 0 Å². The van der Waals surface area contributed by atoms with Gasteiger partial charge in [0, 0.05) is 37.0 Å². The molecule has 0 saturated carbocycles. The molecule has 1 aromatic heterocycles. The number of amides is 1. The van der Waals surface area contributed by atoms with Crippen molar-refractivity contribution in [2.45, 2.75) is 19.4 Å². The second-order valence-corrected chi connectivity index (χ2v) is 6.83. The van der Waals surface area contributed by atoms with E-state index in [-0.39, 0.29) is 12.3 Å². The van der Waals surface area contributed by atoms with Crippen LogP contribution in [0.15, 0.2) is 47.0 Å². The van der Waals surface area contributed by atoms with E-state index in [9.17, 15) is 4.79 Å². The van der Waals surface area contributed by atoms with Crippen LogP contribution in [0.2, 0.25) is 5.02 Å². The van der Waals surface area contributed by atoms with Crippen molar-refractivity contribution >= 4 is 17.5 Å². The normalized spacial score (nSPS) is 10.6. The first-order valence-electron chi connectivity index (χ1n) is 9.04. The smallest absolute Gasteiger partial charge is 0.227 e. The zero-order chi connectivity index (χ0) is 20.8. The summed E-state index contributed by atoms with van der Waals surface area (Å²) in [4.78, 5) is 18.4. The minimum absolute atomic E-state index is 0.0317. The Balaban J connectivity index is 1.60. The van der Waals surface area contributed by atoms with Gasteiger partial charge in [-0.3, -0.25) is 4.79 Å². The Morgan fingerprint density at radius 2 is 1.90 bits per heavy atom. The van der Waals surface area contributed by atoms with Gasteiger partial charge in [-0.05, 0) is 29.8 Å². The van der Waals surface area contributed by atoms with Gasteiger partial charge in [-0.15, -0.1) is 0 Å². The molecule has 8 heteroatoms. The fourth-order valence-corrected chi connectivity index (χ4v) is 3.02. The van der Waals surface area contributed by atoms with Crippen molar-refractivity contribution in [3.63, 3.8) is 0 Å². The van der Waals surface area contributed by atoms with Crippen molar-refractivity contribution in [2.24, 2.45) is 0 Å². The first kappa shape index (κ1) is 20.7. The first-order valence-corrected chi connectivity index (χ1v) is 9.42. The number of hydrogen-bond donors (Lipinski definition) is 0. The van der Waals surface area contributed by atoms with E-state index < -0.39 is 0 Å². The molecule has 0 aliphatic rings. The SMILES string of the molecule is COc1ccc(-c2noc(CCC(=O)N(C)Cc3ccccc3Cl)n2)cc1OC. The Morgan fingerprint density at radius 3 is 2.62 bits per heavy atom. The molecule has 152 valence electrons. The minimum Gasteiger partial charge on any atom is -0.493 e. The highest BCUT2D eigenvalue weighted by Crippen LogP contribution is 2.31. The Labute approximate surface area is 174 Å². The number of aryl methyl sites for hydroxylation is 1. The molecule has 29 heavy (non-hydrogen) atoms. The zero-order valence-electron chi connectivity index (χ0n) is 16.5. The monoisotopic (exact) mass is 415 g/mol. The van der Waals surface area contributed by atoms with Gasteiger partial charge >= 0.3 is 0 Å². The summed E-state index contributed by atoms with van der Waals surface area (Å²) in [5, 5.41) is 4.64. The molecule has 0 radical (unpaired) electrons. The van der Waals surface area contributed by atoms with Crippen LogP contribution in [0.5, 0.6) is 11.5 Å². The van der Waals surface area contributed by atoms with Crippen LogP contribution in [0.1, 0.15) is 17.9 Å². The number of hydrogen-bond acceptors (Lipinski definition) is 6. The fraction of sp³-hybridized carbons (Fsp3) is 0.286. The van der Waals surface area contributed by atoms with Crippen LogP contribution >= 0.6 is 11.6 Å². The third-order valence-corrected chi connectivity index (χ3v) is 4.82. The lowest BCUT2D eigenvalue weighted by molar-refractivity contribution is -0.130. The van der Waals surface area contributed by atoms with Crippen molar-refractivity contribution in [3.8, 4) is 22.9 Å². The third kappa shape index (κ3) is 5.06. The number of aromatic nitrogens is 2. The van der Waals surface area contributed by atoms with Crippen LogP contribution in [0.4, 0.5) is 0 Å². The molecule has 0 fully saturated rings. The van der Waals surface area contributed by atoms with Gasteiger partial charge in [-0.25, -0.2) is 0 Å². The van der Waals surface area contributed by atoms with Crippen LogP contribution in [-0.4, -0.2) is 42.2 Å². The molecule has 0 spiro atoms. The summed E-state index contributed by atoms with van der Waals surface area (Å²) in [5.41, 5.74) is 1.64. The molecule has 0 aliphatic heterocycles. The average molecular weight is 416 g/mol. The Bertz CT molecular complexity index is 990. The Morgan fingerprint density at radius 1 is 1.14 bits per heavy atom. The number of methoxy groups -OCH3 is 2. The second-order valence-electron chi connectivity index (χ2n) is 6.42. The largest absolute Gasteiger partial charge is 0.493 e. The minimum atomic E-state index is -0.0317. The maximum atomic E-state index is 12.4. The van der Waals surface area contributed by atoms with Gasteiger partial charge in [-0.2, -0.15) is 4.98 Å². The number of rotatable bonds is 8. The van der Waals surface area contributed by atoms with Gasteiger partial charge in [0.25, 0.3) is 0 Å². The molecule has 0 bridgehead atoms. The van der Waals surface area contributed by atoms with Crippen LogP contribution < -0.4 is 9.47 Å². The van der Waals surface area contributed by atoms with Crippen LogP contribution in [0.3, 0.4) is 0 Å². The molecule has 1 heterocycles. The van der Waals surface area contributed by atoms with E-state index in [2.05, 4.69) is 10.1 Å². The van der Waals surface area contributed by atoms with Crippen molar-refractivity contribution in [2.75, 3.05) is 21.3 Å². The number of carbonyl (C=O) groups excluding carboxylic acids is 1. The molecule has 1 amide bonds. The molecule has 3 aromatic rings. The summed E-state index contributed by atoms with van der Waals surface area (Å²) in [7, 11) is 4.88. The van der Waals surface area contributed by atoms with E-state index >= 15 is 0 Å². The molecule has 0 saturated heterocycles. The molecule has 0 N–H and O–H groups in total. The lowest BCUT2D eigenvalue weighted by atomic mass is 10.2. The highest BCUT2D eigenvalue weighted by Gasteiger charge is 2.15. The fourth-order valence-electron chi connectivity index (χ4n) is 2.82. The van der Waals surface area contributed by atoms with Gasteiger partial charge in [0.2, 0.25) is 17.6 Å². The van der Waals surface area contributed by atoms with E-state index in [1.807, 2.05) is 30.3 Å². The summed E-state index contributed by atoms with van der Waals surface area (Å²) in [6, 6.07) is 12.8. The molecule has 7 nitrogen and oxygen atoms in total. The van der Waals surface area contributed by atoms with Gasteiger partial charge in [0.15, 0.2) is 11.5 Å². The molecular formula is C21H22ClN3O4. The van der Waals surface area contributed by atoms with Gasteiger partial charge < -0.3 is 18.9 Å². The summed E-state index contributed by atoms with van der Waals surface area (Å²) in [6.07, 6.45) is 0.612. The standard InChI is InChI=1S/C21H22ClN3O4/c1-25(13-15-6-4-5-7-16(15)22)20(26)11-10-19-23-21(24-29-19)14-8-9-17(27-2)18(12-14)28-3/h4-9,12H,10-11,13H2,1-3H3. The van der Waals surface area contributed by atoms with Crippen molar-refractivity contribution in [3.05, 3.63) is 58.9 Å². The second kappa shape index (κ2) is 9.43. The molecule has 0 aliphatic carbocycles. The van der Waals surface area contributed by atoms with Gasteiger partial charge in [-0.1, -0.05) is 35.0 Å². The van der Waals surface area contributed by atoms with E-state index in [0.717, 1.165) is 11.1 Å². The van der Waals surface area contributed by atoms with Crippen molar-refractivity contribution in [1.29, 1.82) is 0 Å². The number of nitrogens with zero attached hydrogens (tertiary/aromatic N) is 3. The summed E-state index contributed by atoms with van der Waals surface area (Å²) >= 11 is 6.16. The van der Waals surface area contributed by atoms with Gasteiger partial charge in [0.1, 0.15) is 0 Å². The number of ether oxygens (including phenoxy) is 2. The maximum Gasteiger partial charge on any atom is 0.227 e. The predicted octanol–water partition coefficient (Wildman–Crippen LogP) is 4.00. The van der Waals surface area contributed by atoms with Crippen LogP contribution in [-0.2, 0) is 17.8 Å². The zero-order valence-corrected chi connectivity index (χ0v) is 17.3. The Kier molecular flexibility index (Phi) is 6.72. The first-order chi connectivity index (χ1) is 14.0. The lowest BCUT2D eigenvalue weighted by Crippen LogP contribution is -2.26. The highest BCUT2D eigenvalue weighted by atomic mass is 35.5. The lowest BCUT2D eigenvalue weighted by Gasteiger charge is -2.17. The summed E-state index contributed by atoms with van der Waals surface area (Å²) in [6.45, 7) is 0.444.